The molecule has 104 valence electrons. The molecule has 0 bridgehead atoms. The molecule has 0 atom stereocenters. The molecule has 1 aliphatic rings. The zero-order valence-electron chi connectivity index (χ0n) is 11.3. The third-order valence-corrected chi connectivity index (χ3v) is 3.20. The summed E-state index contributed by atoms with van der Waals surface area (Å²) >= 11 is 0. The number of aliphatic hydroxyl groups excluding tert-OH is 1. The van der Waals surface area contributed by atoms with E-state index in [9.17, 15) is 9.59 Å². The smallest absolute Gasteiger partial charge is 0.255 e. The fourth-order valence-electron chi connectivity index (χ4n) is 2.02. The second kappa shape index (κ2) is 6.22. The van der Waals surface area contributed by atoms with Crippen molar-refractivity contribution in [3.05, 3.63) is 35.4 Å². The molecule has 0 radical (unpaired) electrons. The van der Waals surface area contributed by atoms with Crippen molar-refractivity contribution in [2.45, 2.75) is 0 Å². The first-order chi connectivity index (χ1) is 9.63. The maximum atomic E-state index is 12.5. The van der Waals surface area contributed by atoms with Gasteiger partial charge in [0.25, 0.3) is 5.91 Å². The van der Waals surface area contributed by atoms with Gasteiger partial charge in [-0.15, -0.1) is 0 Å². The number of likely N-dealkylation sites (N-methyl/N-ethyl adjacent to an activating group) is 1. The van der Waals surface area contributed by atoms with Gasteiger partial charge in [0, 0.05) is 25.7 Å². The van der Waals surface area contributed by atoms with Crippen LogP contribution in [-0.2, 0) is 4.79 Å². The second-order valence-corrected chi connectivity index (χ2v) is 4.55. The van der Waals surface area contributed by atoms with Crippen LogP contribution in [0.2, 0.25) is 0 Å². The van der Waals surface area contributed by atoms with Crippen LogP contribution >= 0.6 is 0 Å². The molecule has 1 fully saturated rings. The molecule has 20 heavy (non-hydrogen) atoms. The Kier molecular flexibility index (Phi) is 4.38. The highest BCUT2D eigenvalue weighted by atomic mass is 16.2. The van der Waals surface area contributed by atoms with E-state index in [-0.39, 0.29) is 25.0 Å². The molecule has 5 heteroatoms. The zero-order chi connectivity index (χ0) is 14.5. The van der Waals surface area contributed by atoms with Crippen LogP contribution in [0.1, 0.15) is 15.9 Å². The largest absolute Gasteiger partial charge is 0.384 e. The van der Waals surface area contributed by atoms with Crippen LogP contribution in [-0.4, -0.2) is 60.0 Å². The first kappa shape index (κ1) is 14.1. The van der Waals surface area contributed by atoms with E-state index < -0.39 is 0 Å². The first-order valence-electron chi connectivity index (χ1n) is 6.35. The fraction of sp³-hybridized carbons (Fsp3) is 0.333. The van der Waals surface area contributed by atoms with Gasteiger partial charge < -0.3 is 14.9 Å². The number of benzene rings is 1. The van der Waals surface area contributed by atoms with Gasteiger partial charge in [-0.25, -0.2) is 0 Å². The lowest BCUT2D eigenvalue weighted by Crippen LogP contribution is -2.50. The van der Waals surface area contributed by atoms with E-state index in [4.69, 9.17) is 5.11 Å². The predicted octanol–water partition coefficient (Wildman–Crippen LogP) is -0.0554. The Morgan fingerprint density at radius 2 is 2.10 bits per heavy atom. The predicted molar refractivity (Wildman–Crippen MR) is 73.9 cm³/mol. The summed E-state index contributed by atoms with van der Waals surface area (Å²) in [6, 6.07) is 6.96. The van der Waals surface area contributed by atoms with Crippen molar-refractivity contribution in [1.82, 2.24) is 9.80 Å². The maximum Gasteiger partial charge on any atom is 0.255 e. The Balaban J connectivity index is 2.23. The van der Waals surface area contributed by atoms with Crippen LogP contribution < -0.4 is 0 Å². The lowest BCUT2D eigenvalue weighted by molar-refractivity contribution is -0.133. The van der Waals surface area contributed by atoms with Crippen LogP contribution in [0.5, 0.6) is 0 Å². The topological polar surface area (TPSA) is 60.9 Å². The van der Waals surface area contributed by atoms with Crippen molar-refractivity contribution in [3.8, 4) is 11.8 Å². The van der Waals surface area contributed by atoms with Crippen molar-refractivity contribution >= 4 is 11.8 Å². The number of amides is 2. The molecule has 1 N–H and O–H groups in total. The Morgan fingerprint density at radius 3 is 2.80 bits per heavy atom. The third kappa shape index (κ3) is 2.98. The number of piperazine rings is 1. The summed E-state index contributed by atoms with van der Waals surface area (Å²) < 4.78 is 0. The molecule has 2 rings (SSSR count). The van der Waals surface area contributed by atoms with E-state index in [1.807, 2.05) is 0 Å². The Labute approximate surface area is 117 Å². The average Bonchev–Trinajstić information content (AvgIpc) is 2.47. The highest BCUT2D eigenvalue weighted by molar-refractivity contribution is 5.99. The third-order valence-electron chi connectivity index (χ3n) is 3.20. The van der Waals surface area contributed by atoms with Gasteiger partial charge in [0.05, 0.1) is 5.56 Å². The molecule has 0 aliphatic carbocycles. The van der Waals surface area contributed by atoms with Crippen LogP contribution in [0, 0.1) is 11.8 Å². The highest BCUT2D eigenvalue weighted by Gasteiger charge is 2.26. The summed E-state index contributed by atoms with van der Waals surface area (Å²) in [5, 5.41) is 8.75. The second-order valence-electron chi connectivity index (χ2n) is 4.55. The van der Waals surface area contributed by atoms with Crippen molar-refractivity contribution in [3.63, 3.8) is 0 Å². The molecule has 5 nitrogen and oxygen atoms in total. The minimum absolute atomic E-state index is 0.0662. The normalized spacial score (nSPS) is 14.8. The molecule has 0 spiro atoms. The van der Waals surface area contributed by atoms with Crippen molar-refractivity contribution in [1.29, 1.82) is 0 Å². The maximum absolute atomic E-state index is 12.5. The number of hydrogen-bond acceptors (Lipinski definition) is 3. The lowest BCUT2D eigenvalue weighted by atomic mass is 10.1. The van der Waals surface area contributed by atoms with Crippen LogP contribution in [0.3, 0.4) is 0 Å². The standard InChI is InChI=1S/C15H16N2O3/c1-16-8-9-17(11-14(16)19)15(20)13-7-3-2-5-12(13)6-4-10-18/h2-3,5,7,18H,8-11H2,1H3. The summed E-state index contributed by atoms with van der Waals surface area (Å²) in [5.74, 6) is 5.03. The summed E-state index contributed by atoms with van der Waals surface area (Å²) in [6.45, 7) is 0.893. The molecule has 1 aromatic carbocycles. The Bertz CT molecular complexity index is 586. The zero-order valence-corrected chi connectivity index (χ0v) is 11.3. The van der Waals surface area contributed by atoms with Gasteiger partial charge in [-0.3, -0.25) is 9.59 Å². The monoisotopic (exact) mass is 272 g/mol. The SMILES string of the molecule is CN1CCN(C(=O)c2ccccc2C#CCO)CC1=O. The van der Waals surface area contributed by atoms with Gasteiger partial charge >= 0.3 is 0 Å². The number of rotatable bonds is 1. The number of aliphatic hydroxyl groups is 1. The number of carbonyl (C=O) groups is 2. The van der Waals surface area contributed by atoms with E-state index in [2.05, 4.69) is 11.8 Å². The summed E-state index contributed by atoms with van der Waals surface area (Å²) in [6.07, 6.45) is 0. The molecule has 1 saturated heterocycles. The quantitative estimate of drug-likeness (QED) is 0.729. The Hall–Kier alpha value is -2.32. The van der Waals surface area contributed by atoms with Crippen molar-refractivity contribution in [2.75, 3.05) is 33.3 Å². The highest BCUT2D eigenvalue weighted by Crippen LogP contribution is 2.13. The van der Waals surface area contributed by atoms with Gasteiger partial charge in [0.2, 0.25) is 5.91 Å². The van der Waals surface area contributed by atoms with Crippen LogP contribution in [0.25, 0.3) is 0 Å². The van der Waals surface area contributed by atoms with Crippen molar-refractivity contribution in [2.24, 2.45) is 0 Å². The van der Waals surface area contributed by atoms with E-state index in [0.29, 0.717) is 24.2 Å². The Morgan fingerprint density at radius 1 is 1.35 bits per heavy atom. The van der Waals surface area contributed by atoms with Gasteiger partial charge in [-0.05, 0) is 12.1 Å². The van der Waals surface area contributed by atoms with Gasteiger partial charge in [-0.2, -0.15) is 0 Å². The van der Waals surface area contributed by atoms with Crippen molar-refractivity contribution < 1.29 is 14.7 Å². The molecule has 1 heterocycles. The molecular formula is C15H16N2O3. The van der Waals surface area contributed by atoms with Gasteiger partial charge in [0.15, 0.2) is 0 Å². The van der Waals surface area contributed by atoms with E-state index in [0.717, 1.165) is 0 Å². The summed E-state index contributed by atoms with van der Waals surface area (Å²) in [7, 11) is 1.73. The van der Waals surface area contributed by atoms with E-state index in [1.165, 1.54) is 4.90 Å². The number of hydrogen-bond donors (Lipinski definition) is 1. The van der Waals surface area contributed by atoms with Crippen LogP contribution in [0.4, 0.5) is 0 Å². The average molecular weight is 272 g/mol. The first-order valence-corrected chi connectivity index (χ1v) is 6.35. The minimum Gasteiger partial charge on any atom is -0.384 e. The molecule has 1 aliphatic heterocycles. The molecule has 1 aromatic rings. The molecule has 0 unspecified atom stereocenters. The van der Waals surface area contributed by atoms with Gasteiger partial charge in [0.1, 0.15) is 13.2 Å². The minimum atomic E-state index is -0.254. The summed E-state index contributed by atoms with van der Waals surface area (Å²) in [4.78, 5) is 27.3. The lowest BCUT2D eigenvalue weighted by Gasteiger charge is -2.32. The molecule has 0 aromatic heterocycles. The number of nitrogens with zero attached hydrogens (tertiary/aromatic N) is 2. The van der Waals surface area contributed by atoms with E-state index in [1.54, 1.807) is 36.2 Å². The van der Waals surface area contributed by atoms with E-state index >= 15 is 0 Å². The fourth-order valence-corrected chi connectivity index (χ4v) is 2.02. The summed E-state index contributed by atoms with van der Waals surface area (Å²) in [5.41, 5.74) is 1.03. The number of carbonyl (C=O) groups excluding carboxylic acids is 2. The van der Waals surface area contributed by atoms with Crippen LogP contribution in [0.15, 0.2) is 24.3 Å². The molecule has 2 amide bonds. The molecule has 0 saturated carbocycles. The molecular weight excluding hydrogens is 256 g/mol. The van der Waals surface area contributed by atoms with Gasteiger partial charge in [-0.1, -0.05) is 24.0 Å².